The second-order valence-electron chi connectivity index (χ2n) is 1.95. The average Bonchev–Trinajstić information content (AvgIpc) is 2.01. The zero-order chi connectivity index (χ0) is 9.30. The van der Waals surface area contributed by atoms with Gasteiger partial charge in [-0.1, -0.05) is 34.8 Å². The lowest BCUT2D eigenvalue weighted by atomic mass is 10.2. The molecule has 0 aromatic heterocycles. The molecule has 1 aromatic carbocycles. The maximum absolute atomic E-state index is 12.8. The van der Waals surface area contributed by atoms with E-state index in [1.165, 1.54) is 0 Å². The van der Waals surface area contributed by atoms with E-state index in [0.717, 1.165) is 6.07 Å². The van der Waals surface area contributed by atoms with Crippen LogP contribution < -0.4 is 0 Å². The summed E-state index contributed by atoms with van der Waals surface area (Å²) in [6.45, 7) is 0. The first-order chi connectivity index (χ1) is 5.57. The molecule has 0 bridgehead atoms. The highest BCUT2D eigenvalue weighted by atomic mass is 35.5. The van der Waals surface area contributed by atoms with Crippen molar-refractivity contribution < 1.29 is 4.39 Å². The Morgan fingerprint density at radius 3 is 2.33 bits per heavy atom. The fourth-order valence-electron chi connectivity index (χ4n) is 0.669. The van der Waals surface area contributed by atoms with Crippen molar-refractivity contribution in [2.45, 2.75) is 0 Å². The summed E-state index contributed by atoms with van der Waals surface area (Å²) >= 11 is 16.6. The van der Waals surface area contributed by atoms with Crippen LogP contribution in [0.3, 0.4) is 0 Å². The molecule has 62 valence electrons. The van der Waals surface area contributed by atoms with E-state index in [0.29, 0.717) is 0 Å². The van der Waals surface area contributed by atoms with Crippen LogP contribution in [0.25, 0.3) is 0 Å². The molecule has 1 rings (SSSR count). The van der Waals surface area contributed by atoms with Gasteiger partial charge in [0, 0.05) is 0 Å². The quantitative estimate of drug-likeness (QED) is 0.487. The largest absolute Gasteiger partial charge is 0.205 e. The molecule has 0 unspecified atom stereocenters. The molecule has 0 fully saturated rings. The first-order valence-corrected chi connectivity index (χ1v) is 3.94. The molecule has 12 heavy (non-hydrogen) atoms. The number of nitriles is 1. The van der Waals surface area contributed by atoms with Crippen LogP contribution in [0.5, 0.6) is 0 Å². The van der Waals surface area contributed by atoms with E-state index in [4.69, 9.17) is 40.1 Å². The molecule has 0 aliphatic heterocycles. The predicted molar refractivity (Wildman–Crippen MR) is 46.1 cm³/mol. The Hall–Kier alpha value is -0.490. The Labute approximate surface area is 83.3 Å². The van der Waals surface area contributed by atoms with E-state index in [1.807, 2.05) is 0 Å². The molecule has 0 saturated heterocycles. The van der Waals surface area contributed by atoms with Crippen molar-refractivity contribution in [1.82, 2.24) is 0 Å². The standard InChI is InChI=1S/C7HCl3FN/c8-4-1-5(11)3(2-12)6(9)7(4)10/h1H. The van der Waals surface area contributed by atoms with Crippen LogP contribution in [0, 0.1) is 17.1 Å². The van der Waals surface area contributed by atoms with Crippen molar-refractivity contribution in [3.05, 3.63) is 32.5 Å². The zero-order valence-corrected chi connectivity index (χ0v) is 7.80. The first kappa shape index (κ1) is 9.60. The van der Waals surface area contributed by atoms with Crippen molar-refractivity contribution in [3.8, 4) is 6.07 Å². The number of rotatable bonds is 0. The third kappa shape index (κ3) is 1.49. The third-order valence-corrected chi connectivity index (χ3v) is 2.49. The summed E-state index contributed by atoms with van der Waals surface area (Å²) in [4.78, 5) is 0. The van der Waals surface area contributed by atoms with Gasteiger partial charge in [-0.15, -0.1) is 0 Å². The lowest BCUT2D eigenvalue weighted by Crippen LogP contribution is -1.86. The van der Waals surface area contributed by atoms with Crippen LogP contribution in [-0.2, 0) is 0 Å². The number of hydrogen-bond acceptors (Lipinski definition) is 1. The average molecular weight is 224 g/mol. The Morgan fingerprint density at radius 1 is 1.25 bits per heavy atom. The Kier molecular flexibility index (Phi) is 2.79. The Balaban J connectivity index is 3.54. The summed E-state index contributed by atoms with van der Waals surface area (Å²) in [5.74, 6) is -0.767. The van der Waals surface area contributed by atoms with Gasteiger partial charge in [-0.2, -0.15) is 5.26 Å². The summed E-state index contributed by atoms with van der Waals surface area (Å²) in [5.41, 5.74) is -0.286. The van der Waals surface area contributed by atoms with E-state index in [2.05, 4.69) is 0 Å². The van der Waals surface area contributed by atoms with Gasteiger partial charge >= 0.3 is 0 Å². The molecule has 0 aliphatic carbocycles. The number of hydrogen-bond donors (Lipinski definition) is 0. The summed E-state index contributed by atoms with van der Waals surface area (Å²) in [6.07, 6.45) is 0. The lowest BCUT2D eigenvalue weighted by molar-refractivity contribution is 0.624. The summed E-state index contributed by atoms with van der Waals surface area (Å²) < 4.78 is 12.8. The van der Waals surface area contributed by atoms with Gasteiger partial charge in [0.2, 0.25) is 0 Å². The van der Waals surface area contributed by atoms with E-state index < -0.39 is 5.82 Å². The molecule has 5 heteroatoms. The highest BCUT2D eigenvalue weighted by molar-refractivity contribution is 6.48. The second-order valence-corrected chi connectivity index (χ2v) is 3.12. The maximum atomic E-state index is 12.8. The molecule has 0 radical (unpaired) electrons. The highest BCUT2D eigenvalue weighted by Crippen LogP contribution is 2.33. The van der Waals surface area contributed by atoms with Crippen molar-refractivity contribution >= 4 is 34.8 Å². The summed E-state index contributed by atoms with van der Waals surface area (Å²) in [5, 5.41) is 8.28. The van der Waals surface area contributed by atoms with Crippen molar-refractivity contribution in [2.75, 3.05) is 0 Å². The van der Waals surface area contributed by atoms with Gasteiger partial charge in [0.15, 0.2) is 0 Å². The number of halogens is 4. The van der Waals surface area contributed by atoms with Crippen LogP contribution in [0.4, 0.5) is 4.39 Å². The molecule has 0 N–H and O–H groups in total. The molecule has 0 aliphatic rings. The van der Waals surface area contributed by atoms with E-state index in [1.54, 1.807) is 6.07 Å². The fourth-order valence-corrected chi connectivity index (χ4v) is 1.29. The minimum Gasteiger partial charge on any atom is -0.205 e. The lowest BCUT2D eigenvalue weighted by Gasteiger charge is -2.01. The molecule has 0 atom stereocenters. The minimum absolute atomic E-state index is 0.00170. The van der Waals surface area contributed by atoms with E-state index >= 15 is 0 Å². The summed E-state index contributed by atoms with van der Waals surface area (Å²) in [6, 6.07) is 2.53. The fraction of sp³-hybridized carbons (Fsp3) is 0. The molecular formula is C7HCl3FN. The highest BCUT2D eigenvalue weighted by Gasteiger charge is 2.13. The predicted octanol–water partition coefficient (Wildman–Crippen LogP) is 3.66. The van der Waals surface area contributed by atoms with Gasteiger partial charge in [-0.25, -0.2) is 4.39 Å². The van der Waals surface area contributed by atoms with E-state index in [9.17, 15) is 4.39 Å². The van der Waals surface area contributed by atoms with Gasteiger partial charge in [0.1, 0.15) is 17.4 Å². The van der Waals surface area contributed by atoms with Crippen LogP contribution in [0.2, 0.25) is 15.1 Å². The van der Waals surface area contributed by atoms with Crippen LogP contribution in [0.1, 0.15) is 5.56 Å². The minimum atomic E-state index is -0.767. The van der Waals surface area contributed by atoms with Crippen LogP contribution >= 0.6 is 34.8 Å². The van der Waals surface area contributed by atoms with E-state index in [-0.39, 0.29) is 20.6 Å². The van der Waals surface area contributed by atoms with Gasteiger partial charge in [0.25, 0.3) is 0 Å². The first-order valence-electron chi connectivity index (χ1n) is 2.81. The number of nitrogens with zero attached hydrogens (tertiary/aromatic N) is 1. The second kappa shape index (κ2) is 3.49. The smallest absolute Gasteiger partial charge is 0.144 e. The van der Waals surface area contributed by atoms with Crippen molar-refractivity contribution in [3.63, 3.8) is 0 Å². The molecule has 1 aromatic rings. The van der Waals surface area contributed by atoms with Gasteiger partial charge in [0.05, 0.1) is 15.1 Å². The molecule has 0 spiro atoms. The van der Waals surface area contributed by atoms with Crippen LogP contribution in [0.15, 0.2) is 6.07 Å². The zero-order valence-electron chi connectivity index (χ0n) is 5.54. The molecule has 0 heterocycles. The van der Waals surface area contributed by atoms with Crippen molar-refractivity contribution in [2.24, 2.45) is 0 Å². The van der Waals surface area contributed by atoms with Gasteiger partial charge in [-0.05, 0) is 6.07 Å². The topological polar surface area (TPSA) is 23.8 Å². The molecular weight excluding hydrogens is 223 g/mol. The Bertz CT molecular complexity index is 370. The third-order valence-electron chi connectivity index (χ3n) is 1.23. The number of benzene rings is 1. The molecule has 0 amide bonds. The normalized spacial score (nSPS) is 9.58. The maximum Gasteiger partial charge on any atom is 0.144 e. The van der Waals surface area contributed by atoms with Gasteiger partial charge in [-0.3, -0.25) is 0 Å². The Morgan fingerprint density at radius 2 is 1.83 bits per heavy atom. The van der Waals surface area contributed by atoms with Gasteiger partial charge < -0.3 is 0 Å². The molecule has 0 saturated carbocycles. The van der Waals surface area contributed by atoms with Crippen LogP contribution in [-0.4, -0.2) is 0 Å². The van der Waals surface area contributed by atoms with Crippen molar-refractivity contribution in [1.29, 1.82) is 5.26 Å². The molecule has 1 nitrogen and oxygen atoms in total. The monoisotopic (exact) mass is 223 g/mol. The summed E-state index contributed by atoms with van der Waals surface area (Å²) in [7, 11) is 0. The SMILES string of the molecule is N#Cc1c(F)cc(Cl)c(Cl)c1Cl.